The monoisotopic (exact) mass is 370 g/mol. The molecule has 0 unspecified atom stereocenters. The summed E-state index contributed by atoms with van der Waals surface area (Å²) in [7, 11) is 0. The van der Waals surface area contributed by atoms with E-state index < -0.39 is 0 Å². The maximum absolute atomic E-state index is 9.79. The third-order valence-corrected chi connectivity index (χ3v) is 5.11. The summed E-state index contributed by atoms with van der Waals surface area (Å²) in [5, 5.41) is 18.3. The number of piperidine rings is 2. The molecule has 0 spiro atoms. The predicted octanol–water partition coefficient (Wildman–Crippen LogP) is 1.82. The first-order chi connectivity index (χ1) is 9.72. The van der Waals surface area contributed by atoms with Crippen LogP contribution in [0.5, 0.6) is 0 Å². The van der Waals surface area contributed by atoms with Crippen LogP contribution in [0.1, 0.15) is 19.3 Å². The Bertz CT molecular complexity index is 459. The maximum Gasteiger partial charge on any atom is 0.0785 e. The second kappa shape index (κ2) is 8.71. The van der Waals surface area contributed by atoms with Crippen molar-refractivity contribution in [2.75, 3.05) is 32.8 Å². The van der Waals surface area contributed by atoms with E-state index in [0.29, 0.717) is 17.7 Å². The molecule has 1 aromatic rings. The van der Waals surface area contributed by atoms with E-state index in [-0.39, 0.29) is 30.2 Å². The first-order valence-electron chi connectivity index (χ1n) is 7.46. The highest BCUT2D eigenvalue weighted by atomic mass is 35.5. The number of halogens is 3. The average Bonchev–Trinajstić information content (AvgIpc) is 2.90. The van der Waals surface area contributed by atoms with Gasteiger partial charge in [-0.1, -0.05) is 11.6 Å². The van der Waals surface area contributed by atoms with Gasteiger partial charge in [0.1, 0.15) is 0 Å². The Morgan fingerprint density at radius 1 is 1.36 bits per heavy atom. The summed E-state index contributed by atoms with van der Waals surface area (Å²) in [5.41, 5.74) is 0.115. The largest absolute Gasteiger partial charge is 0.396 e. The normalized spacial score (nSPS) is 28.4. The summed E-state index contributed by atoms with van der Waals surface area (Å²) in [4.78, 5) is 2.46. The molecule has 2 aliphatic heterocycles. The minimum absolute atomic E-state index is 0. The second-order valence-corrected chi connectivity index (χ2v) is 6.54. The maximum atomic E-state index is 9.79. The summed E-state index contributed by atoms with van der Waals surface area (Å²) in [5.74, 6) is 0. The van der Waals surface area contributed by atoms with Crippen LogP contribution >= 0.6 is 36.4 Å². The van der Waals surface area contributed by atoms with Crippen LogP contribution in [-0.4, -0.2) is 58.6 Å². The Morgan fingerprint density at radius 2 is 2.18 bits per heavy atom. The molecular weight excluding hydrogens is 347 g/mol. The fourth-order valence-corrected chi connectivity index (χ4v) is 3.73. The first kappa shape index (κ1) is 20.0. The predicted molar refractivity (Wildman–Crippen MR) is 93.3 cm³/mol. The summed E-state index contributed by atoms with van der Waals surface area (Å²) in [6.45, 7) is 5.33. The van der Waals surface area contributed by atoms with Crippen LogP contribution in [0.2, 0.25) is 5.02 Å². The molecule has 3 rings (SSSR count). The van der Waals surface area contributed by atoms with E-state index in [1.165, 1.54) is 6.42 Å². The van der Waals surface area contributed by atoms with Crippen molar-refractivity contribution < 1.29 is 5.11 Å². The highest BCUT2D eigenvalue weighted by molar-refractivity contribution is 6.30. The van der Waals surface area contributed by atoms with Crippen LogP contribution in [-0.2, 0) is 6.54 Å². The van der Waals surface area contributed by atoms with E-state index in [1.807, 2.05) is 10.9 Å². The van der Waals surface area contributed by atoms with Crippen molar-refractivity contribution in [1.29, 1.82) is 0 Å². The van der Waals surface area contributed by atoms with Gasteiger partial charge >= 0.3 is 0 Å². The zero-order valence-corrected chi connectivity index (χ0v) is 15.0. The molecule has 128 valence electrons. The minimum atomic E-state index is 0. The van der Waals surface area contributed by atoms with E-state index >= 15 is 0 Å². The fraction of sp³-hybridized carbons (Fsp3) is 0.786. The molecule has 22 heavy (non-hydrogen) atoms. The lowest BCUT2D eigenvalue weighted by atomic mass is 9.70. The summed E-state index contributed by atoms with van der Waals surface area (Å²) < 4.78 is 1.89. The molecule has 1 aromatic heterocycles. The van der Waals surface area contributed by atoms with E-state index in [0.717, 1.165) is 45.6 Å². The molecule has 2 aliphatic rings. The number of aromatic nitrogens is 2. The molecule has 2 saturated heterocycles. The summed E-state index contributed by atoms with van der Waals surface area (Å²) >= 11 is 5.88. The molecule has 0 amide bonds. The van der Waals surface area contributed by atoms with Crippen LogP contribution in [0.25, 0.3) is 0 Å². The standard InChI is InChI=1S/C14H23ClN4O.2ClH/c15-12-8-17-19(9-12)7-6-18-5-3-14(11-20)2-1-4-16-13(14)10-18;;/h8-9,13,16,20H,1-7,10-11H2;2*1H/t13-,14-;;/m1../s1. The molecule has 2 atom stereocenters. The summed E-state index contributed by atoms with van der Waals surface area (Å²) in [6.07, 6.45) is 6.97. The lowest BCUT2D eigenvalue weighted by Gasteiger charge is -2.50. The Hall–Kier alpha value is -0.0400. The second-order valence-electron chi connectivity index (χ2n) is 6.10. The smallest absolute Gasteiger partial charge is 0.0785 e. The third-order valence-electron chi connectivity index (χ3n) is 4.91. The molecule has 3 heterocycles. The molecule has 0 aliphatic carbocycles. The molecule has 2 fully saturated rings. The Labute approximate surface area is 149 Å². The number of fused-ring (bicyclic) bond motifs is 1. The van der Waals surface area contributed by atoms with Gasteiger partial charge in [0.2, 0.25) is 0 Å². The van der Waals surface area contributed by atoms with Crippen molar-refractivity contribution in [2.24, 2.45) is 5.41 Å². The number of aliphatic hydroxyl groups excluding tert-OH is 1. The minimum Gasteiger partial charge on any atom is -0.396 e. The molecule has 0 aromatic carbocycles. The van der Waals surface area contributed by atoms with Gasteiger partial charge < -0.3 is 10.4 Å². The van der Waals surface area contributed by atoms with Crippen molar-refractivity contribution >= 4 is 36.4 Å². The van der Waals surface area contributed by atoms with Gasteiger partial charge in [-0.25, -0.2) is 0 Å². The quantitative estimate of drug-likeness (QED) is 0.847. The van der Waals surface area contributed by atoms with Gasteiger partial charge in [-0.3, -0.25) is 9.58 Å². The highest BCUT2D eigenvalue weighted by Crippen LogP contribution is 2.38. The number of nitrogens with one attached hydrogen (secondary N) is 1. The van der Waals surface area contributed by atoms with Gasteiger partial charge in [0, 0.05) is 30.7 Å². The van der Waals surface area contributed by atoms with Crippen LogP contribution in [0.15, 0.2) is 12.4 Å². The van der Waals surface area contributed by atoms with Crippen molar-refractivity contribution in [2.45, 2.75) is 31.8 Å². The van der Waals surface area contributed by atoms with Gasteiger partial charge in [-0.2, -0.15) is 5.10 Å². The fourth-order valence-electron chi connectivity index (χ4n) is 3.57. The van der Waals surface area contributed by atoms with Crippen molar-refractivity contribution in [3.63, 3.8) is 0 Å². The highest BCUT2D eigenvalue weighted by Gasteiger charge is 2.43. The molecule has 2 N–H and O–H groups in total. The SMILES string of the molecule is Cl.Cl.OC[C@]12CCCN[C@@H]1CN(CCn1cc(Cl)cn1)CC2. The zero-order valence-electron chi connectivity index (χ0n) is 12.6. The van der Waals surface area contributed by atoms with Crippen molar-refractivity contribution in [3.8, 4) is 0 Å². The van der Waals surface area contributed by atoms with Crippen LogP contribution in [0, 0.1) is 5.41 Å². The van der Waals surface area contributed by atoms with E-state index in [1.54, 1.807) is 6.20 Å². The average molecular weight is 372 g/mol. The van der Waals surface area contributed by atoms with Gasteiger partial charge in [0.25, 0.3) is 0 Å². The van der Waals surface area contributed by atoms with Gasteiger partial charge in [-0.05, 0) is 32.4 Å². The van der Waals surface area contributed by atoms with Crippen LogP contribution < -0.4 is 5.32 Å². The van der Waals surface area contributed by atoms with Crippen molar-refractivity contribution in [1.82, 2.24) is 20.0 Å². The molecule has 0 bridgehead atoms. The number of likely N-dealkylation sites (tertiary alicyclic amines) is 1. The Kier molecular flexibility index (Phi) is 7.92. The molecular formula is C14H25Cl3N4O. The van der Waals surface area contributed by atoms with Crippen LogP contribution in [0.4, 0.5) is 0 Å². The molecule has 8 heteroatoms. The molecule has 0 radical (unpaired) electrons. The summed E-state index contributed by atoms with van der Waals surface area (Å²) in [6, 6.07) is 0.427. The lowest BCUT2D eigenvalue weighted by Crippen LogP contribution is -2.61. The molecule has 0 saturated carbocycles. The van der Waals surface area contributed by atoms with Gasteiger partial charge in [-0.15, -0.1) is 24.8 Å². The Balaban J connectivity index is 0.00000121. The van der Waals surface area contributed by atoms with E-state index in [4.69, 9.17) is 11.6 Å². The number of hydrogen-bond acceptors (Lipinski definition) is 4. The number of nitrogens with zero attached hydrogens (tertiary/aromatic N) is 3. The first-order valence-corrected chi connectivity index (χ1v) is 7.84. The lowest BCUT2D eigenvalue weighted by molar-refractivity contribution is -0.0137. The number of hydrogen-bond donors (Lipinski definition) is 2. The molecule has 5 nitrogen and oxygen atoms in total. The number of aliphatic hydroxyl groups is 1. The van der Waals surface area contributed by atoms with Gasteiger partial charge in [0.05, 0.1) is 24.4 Å². The van der Waals surface area contributed by atoms with E-state index in [9.17, 15) is 5.11 Å². The number of rotatable bonds is 4. The van der Waals surface area contributed by atoms with Gasteiger partial charge in [0.15, 0.2) is 0 Å². The van der Waals surface area contributed by atoms with E-state index in [2.05, 4.69) is 15.3 Å². The Morgan fingerprint density at radius 3 is 2.86 bits per heavy atom. The topological polar surface area (TPSA) is 53.3 Å². The third kappa shape index (κ3) is 4.28. The van der Waals surface area contributed by atoms with Crippen LogP contribution in [0.3, 0.4) is 0 Å². The van der Waals surface area contributed by atoms with Crippen molar-refractivity contribution in [3.05, 3.63) is 17.4 Å². The zero-order chi connectivity index (χ0) is 14.0.